The Balaban J connectivity index is 2.51. The highest BCUT2D eigenvalue weighted by Crippen LogP contribution is 2.36. The molecule has 2 N–H and O–H groups in total. The van der Waals surface area contributed by atoms with E-state index >= 15 is 0 Å². The molecular formula is C12H17Br2NO2S. The molecule has 1 heterocycles. The van der Waals surface area contributed by atoms with Gasteiger partial charge in [0.1, 0.15) is 0 Å². The van der Waals surface area contributed by atoms with Crippen LogP contribution in [0.15, 0.2) is 13.6 Å². The van der Waals surface area contributed by atoms with Crippen molar-refractivity contribution < 1.29 is 9.53 Å². The van der Waals surface area contributed by atoms with Crippen molar-refractivity contribution >= 4 is 49.2 Å². The van der Waals surface area contributed by atoms with E-state index in [1.165, 1.54) is 0 Å². The van der Waals surface area contributed by atoms with Gasteiger partial charge >= 0.3 is 5.97 Å². The normalized spacial score (nSPS) is 14.3. The highest BCUT2D eigenvalue weighted by Gasteiger charge is 2.18. The first-order valence-electron chi connectivity index (χ1n) is 5.80. The second-order valence-corrected chi connectivity index (χ2v) is 7.99. The highest BCUT2D eigenvalue weighted by atomic mass is 79.9. The third kappa shape index (κ3) is 4.99. The van der Waals surface area contributed by atoms with E-state index < -0.39 is 0 Å². The molecule has 18 heavy (non-hydrogen) atoms. The molecule has 0 saturated carbocycles. The Morgan fingerprint density at radius 3 is 2.72 bits per heavy atom. The maximum atomic E-state index is 11.4. The van der Waals surface area contributed by atoms with Crippen LogP contribution in [0.4, 0.5) is 0 Å². The molecule has 1 rings (SSSR count). The van der Waals surface area contributed by atoms with Gasteiger partial charge in [0.25, 0.3) is 0 Å². The number of nitrogens with two attached hydrogens (primary N) is 1. The Morgan fingerprint density at radius 1 is 1.56 bits per heavy atom. The Morgan fingerprint density at radius 2 is 2.22 bits per heavy atom. The summed E-state index contributed by atoms with van der Waals surface area (Å²) < 4.78 is 7.03. The van der Waals surface area contributed by atoms with Crippen molar-refractivity contribution in [2.45, 2.75) is 32.7 Å². The maximum Gasteiger partial charge on any atom is 0.306 e. The van der Waals surface area contributed by atoms with E-state index in [1.54, 1.807) is 11.3 Å². The van der Waals surface area contributed by atoms with Crippen molar-refractivity contribution in [1.29, 1.82) is 0 Å². The zero-order chi connectivity index (χ0) is 13.7. The van der Waals surface area contributed by atoms with Crippen LogP contribution in [0.2, 0.25) is 0 Å². The summed E-state index contributed by atoms with van der Waals surface area (Å²) in [6.07, 6.45) is 1.19. The number of hydrogen-bond acceptors (Lipinski definition) is 4. The molecule has 0 aromatic carbocycles. The van der Waals surface area contributed by atoms with Crippen LogP contribution >= 0.6 is 43.2 Å². The molecule has 0 fully saturated rings. The molecule has 0 amide bonds. The zero-order valence-corrected chi connectivity index (χ0v) is 14.4. The number of halogens is 2. The van der Waals surface area contributed by atoms with Gasteiger partial charge in [0.2, 0.25) is 0 Å². The average Bonchev–Trinajstić information content (AvgIpc) is 2.57. The Bertz CT molecular complexity index is 409. The van der Waals surface area contributed by atoms with E-state index in [2.05, 4.69) is 31.9 Å². The first kappa shape index (κ1) is 16.1. The van der Waals surface area contributed by atoms with Crippen LogP contribution in [0.25, 0.3) is 0 Å². The predicted molar refractivity (Wildman–Crippen MR) is 81.7 cm³/mol. The molecule has 0 aliphatic carbocycles. The molecule has 0 bridgehead atoms. The van der Waals surface area contributed by atoms with E-state index in [9.17, 15) is 4.79 Å². The molecule has 102 valence electrons. The number of carbonyl (C=O) groups excluding carboxylic acids is 1. The van der Waals surface area contributed by atoms with Crippen LogP contribution in [0.5, 0.6) is 0 Å². The minimum Gasteiger partial charge on any atom is -0.466 e. The molecule has 1 aromatic rings. The monoisotopic (exact) mass is 397 g/mol. The van der Waals surface area contributed by atoms with Gasteiger partial charge in [-0.3, -0.25) is 4.79 Å². The fraction of sp³-hybridized carbons (Fsp3) is 0.583. The van der Waals surface area contributed by atoms with Gasteiger partial charge in [0.05, 0.1) is 14.2 Å². The van der Waals surface area contributed by atoms with E-state index in [0.717, 1.165) is 19.6 Å². The number of hydrogen-bond donors (Lipinski definition) is 1. The lowest BCUT2D eigenvalue weighted by molar-refractivity contribution is -0.144. The Kier molecular flexibility index (Phi) is 6.84. The SMILES string of the molecule is CCOC(=O)CC(C)CC(N)c1cc(Br)sc1Br. The highest BCUT2D eigenvalue weighted by molar-refractivity contribution is 9.12. The summed E-state index contributed by atoms with van der Waals surface area (Å²) in [5, 5.41) is 0. The van der Waals surface area contributed by atoms with Crippen LogP contribution in [0.3, 0.4) is 0 Å². The van der Waals surface area contributed by atoms with Crippen molar-refractivity contribution in [1.82, 2.24) is 0 Å². The van der Waals surface area contributed by atoms with E-state index in [-0.39, 0.29) is 17.9 Å². The quantitative estimate of drug-likeness (QED) is 0.728. The summed E-state index contributed by atoms with van der Waals surface area (Å²) in [7, 11) is 0. The third-order valence-electron chi connectivity index (χ3n) is 2.56. The van der Waals surface area contributed by atoms with Gasteiger partial charge in [-0.25, -0.2) is 0 Å². The molecule has 0 spiro atoms. The maximum absolute atomic E-state index is 11.4. The van der Waals surface area contributed by atoms with Crippen molar-refractivity contribution in [3.05, 3.63) is 19.2 Å². The summed E-state index contributed by atoms with van der Waals surface area (Å²) in [6.45, 7) is 4.26. The molecule has 0 aliphatic rings. The molecule has 2 atom stereocenters. The smallest absolute Gasteiger partial charge is 0.306 e. The van der Waals surface area contributed by atoms with Gasteiger partial charge < -0.3 is 10.5 Å². The summed E-state index contributed by atoms with van der Waals surface area (Å²) in [5.74, 6) is 0.0624. The first-order chi connectivity index (χ1) is 8.43. The van der Waals surface area contributed by atoms with Crippen LogP contribution in [-0.2, 0) is 9.53 Å². The minimum absolute atomic E-state index is 0.0636. The number of ether oxygens (including phenoxy) is 1. The standard InChI is InChI=1S/C12H17Br2NO2S/c1-3-17-11(16)5-7(2)4-9(15)8-6-10(13)18-12(8)14/h6-7,9H,3-5,15H2,1-2H3. The lowest BCUT2D eigenvalue weighted by atomic mass is 9.96. The molecule has 1 aromatic heterocycles. The predicted octanol–water partition coefficient (Wildman–Crippen LogP) is 4.25. The molecule has 0 saturated heterocycles. The van der Waals surface area contributed by atoms with Crippen LogP contribution in [0.1, 0.15) is 38.3 Å². The molecule has 0 aliphatic heterocycles. The van der Waals surface area contributed by atoms with E-state index in [0.29, 0.717) is 13.0 Å². The average molecular weight is 399 g/mol. The first-order valence-corrected chi connectivity index (χ1v) is 8.20. The number of rotatable bonds is 6. The number of thiophene rings is 1. The van der Waals surface area contributed by atoms with Crippen LogP contribution in [0, 0.1) is 5.92 Å². The van der Waals surface area contributed by atoms with Crippen molar-refractivity contribution in [3.63, 3.8) is 0 Å². The van der Waals surface area contributed by atoms with Crippen LogP contribution in [-0.4, -0.2) is 12.6 Å². The van der Waals surface area contributed by atoms with Gasteiger partial charge in [-0.05, 0) is 62.8 Å². The minimum atomic E-state index is -0.150. The van der Waals surface area contributed by atoms with E-state index in [4.69, 9.17) is 10.5 Å². The number of carbonyl (C=O) groups is 1. The lowest BCUT2D eigenvalue weighted by Gasteiger charge is -2.16. The van der Waals surface area contributed by atoms with Gasteiger partial charge in [0, 0.05) is 12.5 Å². The molecule has 6 heteroatoms. The summed E-state index contributed by atoms with van der Waals surface area (Å²) in [6, 6.07) is 1.96. The molecule has 3 nitrogen and oxygen atoms in total. The fourth-order valence-corrected chi connectivity index (χ4v) is 4.75. The Labute approximate surface area is 128 Å². The molecular weight excluding hydrogens is 382 g/mol. The number of esters is 1. The van der Waals surface area contributed by atoms with Crippen molar-refractivity contribution in [3.8, 4) is 0 Å². The largest absolute Gasteiger partial charge is 0.466 e. The summed E-state index contributed by atoms with van der Waals surface area (Å²) >= 11 is 8.55. The fourth-order valence-electron chi connectivity index (χ4n) is 1.75. The second kappa shape index (κ2) is 7.62. The van der Waals surface area contributed by atoms with Crippen LogP contribution < -0.4 is 5.73 Å². The van der Waals surface area contributed by atoms with Crippen molar-refractivity contribution in [2.24, 2.45) is 11.7 Å². The third-order valence-corrected chi connectivity index (χ3v) is 4.95. The zero-order valence-electron chi connectivity index (χ0n) is 10.4. The second-order valence-electron chi connectivity index (χ2n) is 4.24. The van der Waals surface area contributed by atoms with Gasteiger partial charge in [-0.15, -0.1) is 11.3 Å². The van der Waals surface area contributed by atoms with Gasteiger partial charge in [-0.1, -0.05) is 6.92 Å². The van der Waals surface area contributed by atoms with Crippen molar-refractivity contribution in [2.75, 3.05) is 6.61 Å². The van der Waals surface area contributed by atoms with Gasteiger partial charge in [-0.2, -0.15) is 0 Å². The summed E-state index contributed by atoms with van der Waals surface area (Å²) in [4.78, 5) is 11.4. The lowest BCUT2D eigenvalue weighted by Crippen LogP contribution is -2.17. The van der Waals surface area contributed by atoms with Gasteiger partial charge in [0.15, 0.2) is 0 Å². The van der Waals surface area contributed by atoms with E-state index in [1.807, 2.05) is 19.9 Å². The topological polar surface area (TPSA) is 52.3 Å². The molecule has 0 radical (unpaired) electrons. The Hall–Kier alpha value is 0.0900. The molecule has 2 unspecified atom stereocenters. The summed E-state index contributed by atoms with van der Waals surface area (Å²) in [5.41, 5.74) is 7.25.